The maximum Gasteiger partial charge on any atom is 0.253 e. The van der Waals surface area contributed by atoms with E-state index in [4.69, 9.17) is 0 Å². The number of hydrogen-bond acceptors (Lipinski definition) is 3. The minimum atomic E-state index is -0.0821. The van der Waals surface area contributed by atoms with Crippen molar-refractivity contribution in [3.63, 3.8) is 0 Å². The zero-order valence-corrected chi connectivity index (χ0v) is 14.5. The van der Waals surface area contributed by atoms with Crippen molar-refractivity contribution in [2.45, 2.75) is 58.5 Å². The van der Waals surface area contributed by atoms with Gasteiger partial charge < -0.3 is 9.88 Å². The van der Waals surface area contributed by atoms with Crippen molar-refractivity contribution in [2.75, 3.05) is 0 Å². The van der Waals surface area contributed by atoms with E-state index in [9.17, 15) is 4.79 Å². The van der Waals surface area contributed by atoms with Crippen LogP contribution in [0, 0.1) is 26.7 Å². The molecule has 2 aromatic rings. The molecule has 2 aliphatic rings. The Hall–Kier alpha value is -2.17. The molecule has 1 amide bonds. The highest BCUT2D eigenvalue weighted by Gasteiger charge is 2.36. The summed E-state index contributed by atoms with van der Waals surface area (Å²) in [5, 5.41) is 3.20. The smallest absolute Gasteiger partial charge is 0.253 e. The summed E-state index contributed by atoms with van der Waals surface area (Å²) in [7, 11) is 0. The number of carbonyl (C=O) groups is 1. The summed E-state index contributed by atoms with van der Waals surface area (Å²) in [6.07, 6.45) is 6.48. The molecule has 2 aliphatic carbocycles. The van der Waals surface area contributed by atoms with Gasteiger partial charge in [0, 0.05) is 29.3 Å². The Kier molecular flexibility index (Phi) is 3.66. The lowest BCUT2D eigenvalue weighted by Crippen LogP contribution is -2.31. The van der Waals surface area contributed by atoms with E-state index in [1.165, 1.54) is 18.5 Å². The number of nitrogens with one attached hydrogen (secondary N) is 1. The van der Waals surface area contributed by atoms with Gasteiger partial charge in [-0.2, -0.15) is 0 Å². The van der Waals surface area contributed by atoms with E-state index < -0.39 is 0 Å². The van der Waals surface area contributed by atoms with Crippen LogP contribution in [-0.4, -0.2) is 20.4 Å². The number of carbonyl (C=O) groups excluding carboxylic acids is 1. The first-order chi connectivity index (χ1) is 11.5. The zero-order chi connectivity index (χ0) is 16.8. The molecule has 0 unspecified atom stereocenters. The minimum absolute atomic E-state index is 0.00277. The first-order valence-corrected chi connectivity index (χ1v) is 8.83. The summed E-state index contributed by atoms with van der Waals surface area (Å²) in [6, 6.07) is 4.41. The van der Waals surface area contributed by atoms with Crippen molar-refractivity contribution in [1.82, 2.24) is 19.9 Å². The van der Waals surface area contributed by atoms with Crippen molar-refractivity contribution in [1.29, 1.82) is 0 Å². The van der Waals surface area contributed by atoms with Gasteiger partial charge in [-0.1, -0.05) is 0 Å². The summed E-state index contributed by atoms with van der Waals surface area (Å²) < 4.78 is 2.31. The molecule has 1 N–H and O–H groups in total. The molecule has 0 saturated heterocycles. The van der Waals surface area contributed by atoms with E-state index in [0.29, 0.717) is 12.0 Å². The largest absolute Gasteiger partial charge is 0.345 e. The highest BCUT2D eigenvalue weighted by atomic mass is 16.1. The lowest BCUT2D eigenvalue weighted by molar-refractivity contribution is 0.0928. The summed E-state index contributed by atoms with van der Waals surface area (Å²) in [6.45, 7) is 6.10. The van der Waals surface area contributed by atoms with Gasteiger partial charge in [0.05, 0.1) is 11.6 Å². The quantitative estimate of drug-likeness (QED) is 0.917. The summed E-state index contributed by atoms with van der Waals surface area (Å²) in [5.41, 5.74) is 3.98. The maximum atomic E-state index is 12.9. The van der Waals surface area contributed by atoms with Crippen LogP contribution in [0.1, 0.15) is 71.0 Å². The highest BCUT2D eigenvalue weighted by molar-refractivity contribution is 5.96. The Labute approximate surface area is 142 Å². The minimum Gasteiger partial charge on any atom is -0.345 e. The Morgan fingerprint density at radius 2 is 2.00 bits per heavy atom. The molecular weight excluding hydrogens is 300 g/mol. The van der Waals surface area contributed by atoms with Gasteiger partial charge in [0.25, 0.3) is 5.91 Å². The number of rotatable bonds is 5. The van der Waals surface area contributed by atoms with E-state index in [1.54, 1.807) is 6.20 Å². The van der Waals surface area contributed by atoms with Crippen LogP contribution in [0.3, 0.4) is 0 Å². The van der Waals surface area contributed by atoms with Crippen LogP contribution in [0.25, 0.3) is 0 Å². The van der Waals surface area contributed by atoms with Gasteiger partial charge >= 0.3 is 0 Å². The number of aryl methyl sites for hydroxylation is 2. The first-order valence-electron chi connectivity index (χ1n) is 8.83. The van der Waals surface area contributed by atoms with E-state index in [-0.39, 0.29) is 11.9 Å². The van der Waals surface area contributed by atoms with E-state index in [2.05, 4.69) is 33.7 Å². The average molecular weight is 324 g/mol. The molecular formula is C19H24N4O. The SMILES string of the molecule is Cc1ccnc([C@@H](NC(=O)c2cc(C)n(C3CC3)c2C)C2CC2)n1. The number of aromatic nitrogens is 3. The third-order valence-corrected chi connectivity index (χ3v) is 5.11. The second-order valence-electron chi connectivity index (χ2n) is 7.23. The predicted octanol–water partition coefficient (Wildman–Crippen LogP) is 3.42. The van der Waals surface area contributed by atoms with Crippen LogP contribution in [0.5, 0.6) is 0 Å². The first kappa shape index (κ1) is 15.4. The molecule has 0 bridgehead atoms. The Bertz CT molecular complexity index is 787. The Morgan fingerprint density at radius 1 is 1.25 bits per heavy atom. The van der Waals surface area contributed by atoms with Crippen molar-refractivity contribution < 1.29 is 4.79 Å². The van der Waals surface area contributed by atoms with Crippen LogP contribution in [0.4, 0.5) is 0 Å². The molecule has 5 heteroatoms. The highest BCUT2D eigenvalue weighted by Crippen LogP contribution is 2.41. The third-order valence-electron chi connectivity index (χ3n) is 5.11. The molecule has 2 saturated carbocycles. The topological polar surface area (TPSA) is 59.8 Å². The monoisotopic (exact) mass is 324 g/mol. The molecule has 2 aromatic heterocycles. The predicted molar refractivity (Wildman–Crippen MR) is 91.9 cm³/mol. The molecule has 0 radical (unpaired) electrons. The van der Waals surface area contributed by atoms with Crippen molar-refractivity contribution >= 4 is 5.91 Å². The summed E-state index contributed by atoms with van der Waals surface area (Å²) >= 11 is 0. The Morgan fingerprint density at radius 3 is 2.62 bits per heavy atom. The molecule has 126 valence electrons. The molecule has 0 aliphatic heterocycles. The third kappa shape index (κ3) is 2.83. The molecule has 5 nitrogen and oxygen atoms in total. The molecule has 24 heavy (non-hydrogen) atoms. The molecule has 0 spiro atoms. The second kappa shape index (κ2) is 5.72. The lowest BCUT2D eigenvalue weighted by atomic mass is 10.1. The molecule has 2 heterocycles. The van der Waals surface area contributed by atoms with Gasteiger partial charge in [-0.15, -0.1) is 0 Å². The van der Waals surface area contributed by atoms with E-state index in [0.717, 1.165) is 35.6 Å². The van der Waals surface area contributed by atoms with Gasteiger partial charge in [-0.3, -0.25) is 4.79 Å². The van der Waals surface area contributed by atoms with Crippen LogP contribution in [0.15, 0.2) is 18.3 Å². The standard InChI is InChI=1S/C19H24N4O/c1-11-8-9-20-18(21-11)17(14-4-5-14)22-19(24)16-10-12(2)23(13(16)3)15-6-7-15/h8-10,14-15,17H,4-7H2,1-3H3,(H,22,24)/t17-/m0/s1. The number of amides is 1. The fourth-order valence-electron chi connectivity index (χ4n) is 3.56. The van der Waals surface area contributed by atoms with Crippen molar-refractivity contribution in [2.24, 2.45) is 5.92 Å². The maximum absolute atomic E-state index is 12.9. The summed E-state index contributed by atoms with van der Waals surface area (Å²) in [4.78, 5) is 21.8. The van der Waals surface area contributed by atoms with Crippen molar-refractivity contribution in [3.8, 4) is 0 Å². The van der Waals surface area contributed by atoms with Gasteiger partial charge in [0.1, 0.15) is 0 Å². The van der Waals surface area contributed by atoms with Gasteiger partial charge in [-0.25, -0.2) is 9.97 Å². The molecule has 4 rings (SSSR count). The lowest BCUT2D eigenvalue weighted by Gasteiger charge is -2.17. The van der Waals surface area contributed by atoms with Crippen LogP contribution in [-0.2, 0) is 0 Å². The Balaban J connectivity index is 1.59. The van der Waals surface area contributed by atoms with E-state index in [1.807, 2.05) is 19.1 Å². The normalized spacial score (nSPS) is 18.5. The van der Waals surface area contributed by atoms with Gasteiger partial charge in [0.15, 0.2) is 5.82 Å². The van der Waals surface area contributed by atoms with Crippen molar-refractivity contribution in [3.05, 3.63) is 46.8 Å². The van der Waals surface area contributed by atoms with Crippen LogP contribution in [0.2, 0.25) is 0 Å². The van der Waals surface area contributed by atoms with Crippen LogP contribution < -0.4 is 5.32 Å². The molecule has 1 atom stereocenters. The van der Waals surface area contributed by atoms with Gasteiger partial charge in [-0.05, 0) is 64.5 Å². The molecule has 0 aromatic carbocycles. The fourth-order valence-corrected chi connectivity index (χ4v) is 3.56. The fraction of sp³-hybridized carbons (Fsp3) is 0.526. The number of nitrogens with zero attached hydrogens (tertiary/aromatic N) is 3. The average Bonchev–Trinajstić information content (AvgIpc) is 3.44. The summed E-state index contributed by atoms with van der Waals surface area (Å²) in [5.74, 6) is 1.20. The van der Waals surface area contributed by atoms with Gasteiger partial charge in [0.2, 0.25) is 0 Å². The molecule has 2 fully saturated rings. The second-order valence-corrected chi connectivity index (χ2v) is 7.23. The zero-order valence-electron chi connectivity index (χ0n) is 14.5. The van der Waals surface area contributed by atoms with Crippen LogP contribution >= 0.6 is 0 Å². The number of hydrogen-bond donors (Lipinski definition) is 1. The van der Waals surface area contributed by atoms with E-state index >= 15 is 0 Å².